The average Bonchev–Trinajstić information content (AvgIpc) is 2.26. The van der Waals surface area contributed by atoms with E-state index in [4.69, 9.17) is 0 Å². The fraction of sp³-hybridized carbons (Fsp3) is 0.625. The Labute approximate surface area is 106 Å². The summed E-state index contributed by atoms with van der Waals surface area (Å²) in [6.07, 6.45) is 4.10. The van der Waals surface area contributed by atoms with Crippen LogP contribution in [0.5, 0.6) is 0 Å². The van der Waals surface area contributed by atoms with Crippen molar-refractivity contribution in [3.63, 3.8) is 0 Å². The summed E-state index contributed by atoms with van der Waals surface area (Å²) in [5.41, 5.74) is 2.87. The van der Waals surface area contributed by atoms with Gasteiger partial charge in [-0.3, -0.25) is 0 Å². The summed E-state index contributed by atoms with van der Waals surface area (Å²) in [6, 6.07) is 9.67. The summed E-state index contributed by atoms with van der Waals surface area (Å²) in [5, 5.41) is 3.57. The molecule has 0 radical (unpaired) electrons. The van der Waals surface area contributed by atoms with E-state index in [2.05, 4.69) is 50.4 Å². The third kappa shape index (κ3) is 3.57. The maximum Gasteiger partial charge on any atom is 0.00104 e. The third-order valence-corrected chi connectivity index (χ3v) is 3.98. The molecule has 1 aliphatic rings. The van der Waals surface area contributed by atoms with Crippen molar-refractivity contribution in [1.29, 1.82) is 0 Å². The number of hydrogen-bond donors (Lipinski definition) is 1. The Hall–Kier alpha value is -0.820. The van der Waals surface area contributed by atoms with Gasteiger partial charge in [0.15, 0.2) is 0 Å². The summed E-state index contributed by atoms with van der Waals surface area (Å²) in [7, 11) is 0. The molecule has 1 N–H and O–H groups in total. The molecule has 2 rings (SSSR count). The van der Waals surface area contributed by atoms with E-state index in [9.17, 15) is 0 Å². The van der Waals surface area contributed by atoms with E-state index in [0.717, 1.165) is 11.8 Å². The zero-order valence-electron chi connectivity index (χ0n) is 11.4. The van der Waals surface area contributed by atoms with Crippen molar-refractivity contribution in [1.82, 2.24) is 5.32 Å². The van der Waals surface area contributed by atoms with Crippen LogP contribution in [0.4, 0.5) is 0 Å². The van der Waals surface area contributed by atoms with Gasteiger partial charge in [0.05, 0.1) is 0 Å². The Morgan fingerprint density at radius 1 is 1.12 bits per heavy atom. The summed E-state index contributed by atoms with van der Waals surface area (Å²) >= 11 is 0. The standard InChI is InChI=1S/C16H25N/c1-12(2)17-11-16-9-8-15(16)10-14-6-4-13(3)5-7-14/h4-7,12,15-17H,8-11H2,1-3H3. The van der Waals surface area contributed by atoms with E-state index >= 15 is 0 Å². The zero-order valence-corrected chi connectivity index (χ0v) is 11.4. The van der Waals surface area contributed by atoms with Crippen LogP contribution < -0.4 is 5.32 Å². The number of benzene rings is 1. The van der Waals surface area contributed by atoms with Gasteiger partial charge in [0.2, 0.25) is 0 Å². The normalized spacial score (nSPS) is 23.8. The van der Waals surface area contributed by atoms with Crippen LogP contribution in [0.15, 0.2) is 24.3 Å². The quantitative estimate of drug-likeness (QED) is 0.817. The lowest BCUT2D eigenvalue weighted by atomic mass is 9.70. The van der Waals surface area contributed by atoms with E-state index in [1.165, 1.54) is 36.9 Å². The Kier molecular flexibility index (Phi) is 4.22. The second-order valence-electron chi connectivity index (χ2n) is 5.85. The maximum absolute atomic E-state index is 3.57. The highest BCUT2D eigenvalue weighted by molar-refractivity contribution is 5.22. The molecule has 0 aliphatic heterocycles. The maximum atomic E-state index is 3.57. The molecule has 0 saturated heterocycles. The number of aryl methyl sites for hydroxylation is 1. The first kappa shape index (κ1) is 12.6. The van der Waals surface area contributed by atoms with Gasteiger partial charge in [-0.25, -0.2) is 0 Å². The lowest BCUT2D eigenvalue weighted by Crippen LogP contribution is -2.38. The van der Waals surface area contributed by atoms with Gasteiger partial charge < -0.3 is 5.32 Å². The molecule has 1 aliphatic carbocycles. The molecule has 1 nitrogen and oxygen atoms in total. The Morgan fingerprint density at radius 2 is 1.76 bits per heavy atom. The topological polar surface area (TPSA) is 12.0 Å². The number of nitrogens with one attached hydrogen (secondary N) is 1. The average molecular weight is 231 g/mol. The van der Waals surface area contributed by atoms with Crippen molar-refractivity contribution in [3.8, 4) is 0 Å². The third-order valence-electron chi connectivity index (χ3n) is 3.98. The van der Waals surface area contributed by atoms with Gasteiger partial charge in [-0.15, -0.1) is 0 Å². The molecule has 0 aromatic heterocycles. The van der Waals surface area contributed by atoms with E-state index < -0.39 is 0 Å². The van der Waals surface area contributed by atoms with Crippen LogP contribution in [-0.4, -0.2) is 12.6 Å². The molecule has 0 spiro atoms. The Balaban J connectivity index is 1.81. The van der Waals surface area contributed by atoms with E-state index in [1.54, 1.807) is 0 Å². The summed E-state index contributed by atoms with van der Waals surface area (Å²) in [5.74, 6) is 1.81. The molecular formula is C16H25N. The monoisotopic (exact) mass is 231 g/mol. The van der Waals surface area contributed by atoms with Crippen molar-refractivity contribution in [2.24, 2.45) is 11.8 Å². The molecule has 1 heteroatoms. The van der Waals surface area contributed by atoms with Gasteiger partial charge in [0.1, 0.15) is 0 Å². The van der Waals surface area contributed by atoms with Gasteiger partial charge in [-0.1, -0.05) is 43.7 Å². The van der Waals surface area contributed by atoms with Crippen LogP contribution in [-0.2, 0) is 6.42 Å². The van der Waals surface area contributed by atoms with Gasteiger partial charge >= 0.3 is 0 Å². The van der Waals surface area contributed by atoms with Crippen molar-refractivity contribution in [2.75, 3.05) is 6.54 Å². The molecule has 2 atom stereocenters. The summed E-state index contributed by atoms with van der Waals surface area (Å²) in [4.78, 5) is 0. The van der Waals surface area contributed by atoms with Gasteiger partial charge in [0.25, 0.3) is 0 Å². The molecule has 17 heavy (non-hydrogen) atoms. The first-order chi connectivity index (χ1) is 8.15. The minimum absolute atomic E-state index is 0.621. The van der Waals surface area contributed by atoms with E-state index in [-0.39, 0.29) is 0 Å². The van der Waals surface area contributed by atoms with E-state index in [0.29, 0.717) is 6.04 Å². The van der Waals surface area contributed by atoms with Gasteiger partial charge in [-0.05, 0) is 50.1 Å². The lowest BCUT2D eigenvalue weighted by molar-refractivity contribution is 0.168. The van der Waals surface area contributed by atoms with Gasteiger partial charge in [0, 0.05) is 6.04 Å². The predicted molar refractivity (Wildman–Crippen MR) is 74.2 cm³/mol. The van der Waals surface area contributed by atoms with Crippen LogP contribution in [0.25, 0.3) is 0 Å². The number of hydrogen-bond acceptors (Lipinski definition) is 1. The summed E-state index contributed by atoms with van der Waals surface area (Å²) < 4.78 is 0. The smallest absolute Gasteiger partial charge is 0.00104 e. The van der Waals surface area contributed by atoms with Crippen molar-refractivity contribution < 1.29 is 0 Å². The fourth-order valence-corrected chi connectivity index (χ4v) is 2.59. The molecule has 0 heterocycles. The van der Waals surface area contributed by atoms with Crippen LogP contribution in [0, 0.1) is 18.8 Å². The van der Waals surface area contributed by atoms with Gasteiger partial charge in [-0.2, -0.15) is 0 Å². The molecule has 1 saturated carbocycles. The molecule has 94 valence electrons. The highest BCUT2D eigenvalue weighted by Crippen LogP contribution is 2.36. The van der Waals surface area contributed by atoms with Crippen LogP contribution in [0.3, 0.4) is 0 Å². The molecule has 1 aromatic carbocycles. The first-order valence-corrected chi connectivity index (χ1v) is 6.94. The van der Waals surface area contributed by atoms with Crippen LogP contribution in [0.2, 0.25) is 0 Å². The molecular weight excluding hydrogens is 206 g/mol. The van der Waals surface area contributed by atoms with Crippen molar-refractivity contribution >= 4 is 0 Å². The molecule has 0 bridgehead atoms. The molecule has 0 amide bonds. The lowest BCUT2D eigenvalue weighted by Gasteiger charge is -2.37. The zero-order chi connectivity index (χ0) is 12.3. The second-order valence-corrected chi connectivity index (χ2v) is 5.85. The highest BCUT2D eigenvalue weighted by atomic mass is 14.9. The second kappa shape index (κ2) is 5.68. The highest BCUT2D eigenvalue weighted by Gasteiger charge is 2.30. The van der Waals surface area contributed by atoms with Crippen molar-refractivity contribution in [2.45, 2.75) is 46.1 Å². The number of rotatable bonds is 5. The Bertz CT molecular complexity index is 339. The van der Waals surface area contributed by atoms with Crippen molar-refractivity contribution in [3.05, 3.63) is 35.4 Å². The summed E-state index contributed by atoms with van der Waals surface area (Å²) in [6.45, 7) is 7.82. The predicted octanol–water partition coefficient (Wildman–Crippen LogP) is 3.56. The Morgan fingerprint density at radius 3 is 2.29 bits per heavy atom. The SMILES string of the molecule is Cc1ccc(CC2CCC2CNC(C)C)cc1. The van der Waals surface area contributed by atoms with E-state index in [1.807, 2.05) is 0 Å². The molecule has 1 fully saturated rings. The molecule has 1 aromatic rings. The first-order valence-electron chi connectivity index (χ1n) is 6.94. The molecule has 2 unspecified atom stereocenters. The minimum Gasteiger partial charge on any atom is -0.314 e. The van der Waals surface area contributed by atoms with Crippen LogP contribution in [0.1, 0.15) is 37.8 Å². The van der Waals surface area contributed by atoms with Crippen LogP contribution >= 0.6 is 0 Å². The largest absolute Gasteiger partial charge is 0.314 e. The fourth-order valence-electron chi connectivity index (χ4n) is 2.59. The minimum atomic E-state index is 0.621.